The lowest BCUT2D eigenvalue weighted by molar-refractivity contribution is -0.0572. The molecule has 2 nitrogen and oxygen atoms in total. The van der Waals surface area contributed by atoms with Gasteiger partial charge in [-0.3, -0.25) is 0 Å². The predicted molar refractivity (Wildman–Crippen MR) is 78.4 cm³/mol. The highest BCUT2D eigenvalue weighted by Crippen LogP contribution is 2.26. The molecule has 1 aliphatic heterocycles. The maximum atomic E-state index is 5.91. The van der Waals surface area contributed by atoms with Crippen molar-refractivity contribution < 1.29 is 4.74 Å². The van der Waals surface area contributed by atoms with Gasteiger partial charge in [-0.15, -0.1) is 12.4 Å². The van der Waals surface area contributed by atoms with Crippen molar-refractivity contribution in [1.29, 1.82) is 0 Å². The molecule has 3 heteroatoms. The summed E-state index contributed by atoms with van der Waals surface area (Å²) in [5.74, 6) is 0.712. The maximum absolute atomic E-state index is 5.91. The molecule has 0 amide bonds. The molecule has 0 radical (unpaired) electrons. The van der Waals surface area contributed by atoms with Gasteiger partial charge in [-0.25, -0.2) is 0 Å². The van der Waals surface area contributed by atoms with E-state index in [1.807, 2.05) is 0 Å². The molecule has 1 aromatic rings. The second kappa shape index (κ2) is 6.55. The molecular weight excluding hydrogens is 246 g/mol. The van der Waals surface area contributed by atoms with Crippen molar-refractivity contribution in [2.24, 2.45) is 5.92 Å². The number of halogens is 1. The number of benzene rings is 1. The van der Waals surface area contributed by atoms with Crippen LogP contribution in [0.5, 0.6) is 0 Å². The Balaban J connectivity index is 0.00000162. The molecule has 1 atom stereocenters. The zero-order chi connectivity index (χ0) is 12.3. The van der Waals surface area contributed by atoms with Gasteiger partial charge in [0, 0.05) is 13.1 Å². The minimum absolute atomic E-state index is 0. The Morgan fingerprint density at radius 1 is 1.28 bits per heavy atom. The summed E-state index contributed by atoms with van der Waals surface area (Å²) in [4.78, 5) is 0. The molecule has 0 aliphatic carbocycles. The SMILES string of the molecule is CC(C)Cc1ccc(C2(C)CNCCO2)cc1.Cl. The van der Waals surface area contributed by atoms with Crippen molar-refractivity contribution in [2.75, 3.05) is 19.7 Å². The molecule has 102 valence electrons. The van der Waals surface area contributed by atoms with E-state index in [-0.39, 0.29) is 18.0 Å². The van der Waals surface area contributed by atoms with Crippen molar-refractivity contribution in [3.8, 4) is 0 Å². The number of hydrogen-bond donors (Lipinski definition) is 1. The van der Waals surface area contributed by atoms with Crippen LogP contribution in [0.25, 0.3) is 0 Å². The van der Waals surface area contributed by atoms with Crippen LogP contribution >= 0.6 is 12.4 Å². The summed E-state index contributed by atoms with van der Waals surface area (Å²) in [6.07, 6.45) is 1.15. The van der Waals surface area contributed by atoms with Crippen molar-refractivity contribution in [3.05, 3.63) is 35.4 Å². The first-order valence-electron chi connectivity index (χ1n) is 6.54. The first kappa shape index (κ1) is 15.5. The fourth-order valence-electron chi connectivity index (χ4n) is 2.38. The number of ether oxygens (including phenoxy) is 1. The first-order valence-corrected chi connectivity index (χ1v) is 6.54. The smallest absolute Gasteiger partial charge is 0.103 e. The number of nitrogens with one attached hydrogen (secondary N) is 1. The first-order chi connectivity index (χ1) is 8.10. The van der Waals surface area contributed by atoms with Crippen LogP contribution in [0.4, 0.5) is 0 Å². The van der Waals surface area contributed by atoms with Gasteiger partial charge in [0.05, 0.1) is 6.61 Å². The molecule has 0 aromatic heterocycles. The molecule has 1 heterocycles. The monoisotopic (exact) mass is 269 g/mol. The van der Waals surface area contributed by atoms with Gasteiger partial charge >= 0.3 is 0 Å². The minimum atomic E-state index is -0.158. The topological polar surface area (TPSA) is 21.3 Å². The second-order valence-electron chi connectivity index (χ2n) is 5.55. The van der Waals surface area contributed by atoms with E-state index in [4.69, 9.17) is 4.74 Å². The van der Waals surface area contributed by atoms with E-state index in [0.29, 0.717) is 5.92 Å². The van der Waals surface area contributed by atoms with Gasteiger partial charge in [0.15, 0.2) is 0 Å². The fourth-order valence-corrected chi connectivity index (χ4v) is 2.38. The number of morpholine rings is 1. The van der Waals surface area contributed by atoms with Gasteiger partial charge in [-0.2, -0.15) is 0 Å². The Hall–Kier alpha value is -0.570. The number of hydrogen-bond acceptors (Lipinski definition) is 2. The fraction of sp³-hybridized carbons (Fsp3) is 0.600. The Kier molecular flexibility index (Phi) is 5.64. The highest BCUT2D eigenvalue weighted by molar-refractivity contribution is 5.85. The molecule has 1 aliphatic rings. The van der Waals surface area contributed by atoms with Gasteiger partial charge in [-0.05, 0) is 30.4 Å². The van der Waals surface area contributed by atoms with E-state index in [1.165, 1.54) is 11.1 Å². The van der Waals surface area contributed by atoms with E-state index < -0.39 is 0 Å². The lowest BCUT2D eigenvalue weighted by Crippen LogP contribution is -2.45. The van der Waals surface area contributed by atoms with Gasteiger partial charge in [-0.1, -0.05) is 38.1 Å². The van der Waals surface area contributed by atoms with E-state index in [9.17, 15) is 0 Å². The van der Waals surface area contributed by atoms with E-state index in [0.717, 1.165) is 26.1 Å². The molecular formula is C15H24ClNO. The third-order valence-electron chi connectivity index (χ3n) is 3.37. The summed E-state index contributed by atoms with van der Waals surface area (Å²) >= 11 is 0. The molecule has 0 spiro atoms. The third-order valence-corrected chi connectivity index (χ3v) is 3.37. The summed E-state index contributed by atoms with van der Waals surface area (Å²) in [6, 6.07) is 8.90. The standard InChI is InChI=1S/C15H23NO.ClH/c1-12(2)10-13-4-6-14(7-5-13)15(3)11-16-8-9-17-15;/h4-7,12,16H,8-11H2,1-3H3;1H. The van der Waals surface area contributed by atoms with Gasteiger partial charge < -0.3 is 10.1 Å². The second-order valence-corrected chi connectivity index (χ2v) is 5.55. The minimum Gasteiger partial charge on any atom is -0.368 e. The van der Waals surface area contributed by atoms with Crippen LogP contribution in [0.3, 0.4) is 0 Å². The van der Waals surface area contributed by atoms with Gasteiger partial charge in [0.25, 0.3) is 0 Å². The molecule has 1 fully saturated rings. The third kappa shape index (κ3) is 3.71. The van der Waals surface area contributed by atoms with Crippen LogP contribution in [0.2, 0.25) is 0 Å². The maximum Gasteiger partial charge on any atom is 0.103 e. The lowest BCUT2D eigenvalue weighted by atomic mass is 9.92. The summed E-state index contributed by atoms with van der Waals surface area (Å²) < 4.78 is 5.91. The molecule has 1 N–H and O–H groups in total. The van der Waals surface area contributed by atoms with Crippen molar-refractivity contribution in [3.63, 3.8) is 0 Å². The molecule has 1 saturated heterocycles. The summed E-state index contributed by atoms with van der Waals surface area (Å²) in [7, 11) is 0. The van der Waals surface area contributed by atoms with Crippen molar-refractivity contribution in [1.82, 2.24) is 5.32 Å². The predicted octanol–water partition coefficient (Wildman–Crippen LogP) is 3.14. The molecule has 18 heavy (non-hydrogen) atoms. The lowest BCUT2D eigenvalue weighted by Gasteiger charge is -2.35. The Bertz CT molecular complexity index is 355. The van der Waals surface area contributed by atoms with E-state index in [1.54, 1.807) is 0 Å². The highest BCUT2D eigenvalue weighted by Gasteiger charge is 2.29. The number of rotatable bonds is 3. The van der Waals surface area contributed by atoms with Gasteiger partial charge in [0.1, 0.15) is 5.60 Å². The van der Waals surface area contributed by atoms with Crippen LogP contribution in [-0.4, -0.2) is 19.7 Å². The average molecular weight is 270 g/mol. The van der Waals surface area contributed by atoms with Crippen LogP contribution in [-0.2, 0) is 16.8 Å². The van der Waals surface area contributed by atoms with Crippen LogP contribution in [0, 0.1) is 5.92 Å². The summed E-state index contributed by atoms with van der Waals surface area (Å²) in [5.41, 5.74) is 2.53. The van der Waals surface area contributed by atoms with E-state index >= 15 is 0 Å². The Morgan fingerprint density at radius 2 is 1.94 bits per heavy atom. The van der Waals surface area contributed by atoms with Gasteiger partial charge in [0.2, 0.25) is 0 Å². The van der Waals surface area contributed by atoms with Crippen LogP contribution in [0.15, 0.2) is 24.3 Å². The average Bonchev–Trinajstić information content (AvgIpc) is 2.30. The quantitative estimate of drug-likeness (QED) is 0.910. The molecule has 0 bridgehead atoms. The Labute approximate surface area is 117 Å². The van der Waals surface area contributed by atoms with Crippen molar-refractivity contribution >= 4 is 12.4 Å². The molecule has 0 saturated carbocycles. The van der Waals surface area contributed by atoms with Crippen molar-refractivity contribution in [2.45, 2.75) is 32.8 Å². The van der Waals surface area contributed by atoms with Crippen LogP contribution in [0.1, 0.15) is 31.9 Å². The highest BCUT2D eigenvalue weighted by atomic mass is 35.5. The summed E-state index contributed by atoms with van der Waals surface area (Å²) in [6.45, 7) is 9.32. The molecule has 2 rings (SSSR count). The Morgan fingerprint density at radius 3 is 2.44 bits per heavy atom. The largest absolute Gasteiger partial charge is 0.368 e. The normalized spacial score (nSPS) is 23.8. The van der Waals surface area contributed by atoms with E-state index in [2.05, 4.69) is 50.4 Å². The zero-order valence-corrected chi connectivity index (χ0v) is 12.3. The summed E-state index contributed by atoms with van der Waals surface area (Å²) in [5, 5.41) is 3.40. The van der Waals surface area contributed by atoms with Crippen LogP contribution < -0.4 is 5.32 Å². The molecule has 1 unspecified atom stereocenters. The molecule has 1 aromatic carbocycles. The zero-order valence-electron chi connectivity index (χ0n) is 11.5.